The average molecular weight is 460 g/mol. The number of anilines is 3. The highest BCUT2D eigenvalue weighted by Crippen LogP contribution is 2.32. The molecule has 0 unspecified atom stereocenters. The minimum atomic E-state index is -1.39. The monoisotopic (exact) mass is 459 g/mol. The van der Waals surface area contributed by atoms with Crippen LogP contribution < -0.4 is 11.1 Å². The van der Waals surface area contributed by atoms with E-state index in [0.29, 0.717) is 17.6 Å². The van der Waals surface area contributed by atoms with Gasteiger partial charge in [-0.2, -0.15) is 9.37 Å². The molecule has 0 aliphatic heterocycles. The fourth-order valence-electron chi connectivity index (χ4n) is 2.74. The maximum absolute atomic E-state index is 13.9. The molecule has 4 aromatic rings. The summed E-state index contributed by atoms with van der Waals surface area (Å²) in [5.41, 5.74) is 9.11. The van der Waals surface area contributed by atoms with Crippen molar-refractivity contribution in [3.05, 3.63) is 82.8 Å². The summed E-state index contributed by atoms with van der Waals surface area (Å²) in [4.78, 5) is 3.27. The van der Waals surface area contributed by atoms with Gasteiger partial charge >= 0.3 is 0 Å². The number of benzene rings is 2. The normalized spacial score (nSPS) is 10.9. The predicted molar refractivity (Wildman–Crippen MR) is 109 cm³/mol. The number of nitrogens with two attached hydrogens (primary N) is 1. The van der Waals surface area contributed by atoms with E-state index in [-0.39, 0.29) is 0 Å². The number of halogens is 4. The van der Waals surface area contributed by atoms with Crippen LogP contribution in [0.15, 0.2) is 65.3 Å². The molecular weight excluding hydrogens is 447 g/mol. The van der Waals surface area contributed by atoms with E-state index in [2.05, 4.69) is 31.3 Å². The molecule has 0 bridgehead atoms. The molecule has 3 N–H and O–H groups in total. The molecule has 0 fully saturated rings. The molecule has 0 saturated heterocycles. The zero-order chi connectivity index (χ0) is 20.5. The summed E-state index contributed by atoms with van der Waals surface area (Å²) in [5, 5.41) is 7.18. The minimum Gasteiger partial charge on any atom is -0.399 e. The van der Waals surface area contributed by atoms with Crippen molar-refractivity contribution in [1.82, 2.24) is 14.8 Å². The van der Waals surface area contributed by atoms with Crippen LogP contribution in [-0.4, -0.2) is 14.8 Å². The van der Waals surface area contributed by atoms with Gasteiger partial charge in [0, 0.05) is 34.2 Å². The standard InChI is InChI=1S/C20H13BrF3N5/c21-15-9-13(5-6-14(15)11-1-3-12(25)4-2-11)26-18-7-8-29(28-18)20-17(23)10-16(22)19(24)27-20/h1-10H,25H2,(H,26,28). The van der Waals surface area contributed by atoms with Crippen LogP contribution in [0.2, 0.25) is 0 Å². The highest BCUT2D eigenvalue weighted by atomic mass is 79.9. The molecule has 29 heavy (non-hydrogen) atoms. The fourth-order valence-corrected chi connectivity index (χ4v) is 3.35. The zero-order valence-corrected chi connectivity index (χ0v) is 16.3. The van der Waals surface area contributed by atoms with Gasteiger partial charge < -0.3 is 11.1 Å². The van der Waals surface area contributed by atoms with E-state index >= 15 is 0 Å². The Morgan fingerprint density at radius 2 is 1.69 bits per heavy atom. The predicted octanol–water partition coefficient (Wildman–Crippen LogP) is 5.44. The molecule has 0 amide bonds. The first-order valence-corrected chi connectivity index (χ1v) is 9.20. The van der Waals surface area contributed by atoms with Crippen molar-refractivity contribution in [2.45, 2.75) is 0 Å². The number of hydrogen-bond donors (Lipinski definition) is 2. The summed E-state index contributed by atoms with van der Waals surface area (Å²) in [6.45, 7) is 0. The van der Waals surface area contributed by atoms with Gasteiger partial charge in [0.2, 0.25) is 0 Å². The van der Waals surface area contributed by atoms with Crippen molar-refractivity contribution in [2.24, 2.45) is 0 Å². The molecule has 0 saturated carbocycles. The van der Waals surface area contributed by atoms with Gasteiger partial charge in [0.1, 0.15) is 0 Å². The second kappa shape index (κ2) is 7.59. The number of nitrogen functional groups attached to an aromatic ring is 1. The molecule has 2 aromatic carbocycles. The Morgan fingerprint density at radius 3 is 2.41 bits per heavy atom. The van der Waals surface area contributed by atoms with E-state index in [0.717, 1.165) is 26.0 Å². The highest BCUT2D eigenvalue weighted by Gasteiger charge is 2.14. The Morgan fingerprint density at radius 1 is 0.931 bits per heavy atom. The van der Waals surface area contributed by atoms with Crippen LogP contribution in [0.5, 0.6) is 0 Å². The van der Waals surface area contributed by atoms with Crippen LogP contribution in [0.25, 0.3) is 16.9 Å². The molecule has 0 atom stereocenters. The van der Waals surface area contributed by atoms with Gasteiger partial charge in [0.05, 0.1) is 0 Å². The van der Waals surface area contributed by atoms with Gasteiger partial charge in [0.15, 0.2) is 23.3 Å². The second-order valence-electron chi connectivity index (χ2n) is 6.15. The van der Waals surface area contributed by atoms with Crippen LogP contribution in [0.3, 0.4) is 0 Å². The quantitative estimate of drug-likeness (QED) is 0.315. The van der Waals surface area contributed by atoms with Crippen LogP contribution in [0.1, 0.15) is 0 Å². The first kappa shape index (κ1) is 19.0. The molecule has 2 aromatic heterocycles. The van der Waals surface area contributed by atoms with E-state index in [1.54, 1.807) is 6.07 Å². The topological polar surface area (TPSA) is 68.8 Å². The lowest BCUT2D eigenvalue weighted by Crippen LogP contribution is -2.06. The summed E-state index contributed by atoms with van der Waals surface area (Å²) in [5.74, 6) is -3.83. The Bertz CT molecular complexity index is 1190. The average Bonchev–Trinajstić information content (AvgIpc) is 3.14. The Labute approximate surface area is 172 Å². The number of pyridine rings is 1. The van der Waals surface area contributed by atoms with E-state index in [1.165, 1.54) is 6.20 Å². The second-order valence-corrected chi connectivity index (χ2v) is 7.01. The molecule has 146 valence electrons. The van der Waals surface area contributed by atoms with Gasteiger partial charge in [-0.05, 0) is 35.4 Å². The molecule has 0 spiro atoms. The summed E-state index contributed by atoms with van der Waals surface area (Å²) < 4.78 is 42.1. The summed E-state index contributed by atoms with van der Waals surface area (Å²) in [6, 6.07) is 15.1. The smallest absolute Gasteiger partial charge is 0.251 e. The molecule has 0 aliphatic rings. The van der Waals surface area contributed by atoms with E-state index in [4.69, 9.17) is 5.73 Å². The summed E-state index contributed by atoms with van der Waals surface area (Å²) in [6.07, 6.45) is 1.39. The highest BCUT2D eigenvalue weighted by molar-refractivity contribution is 9.10. The molecule has 2 heterocycles. The largest absolute Gasteiger partial charge is 0.399 e. The van der Waals surface area contributed by atoms with Crippen molar-refractivity contribution in [3.63, 3.8) is 0 Å². The lowest BCUT2D eigenvalue weighted by molar-refractivity contribution is 0.458. The van der Waals surface area contributed by atoms with E-state index < -0.39 is 23.4 Å². The summed E-state index contributed by atoms with van der Waals surface area (Å²) >= 11 is 3.55. The molecule has 0 radical (unpaired) electrons. The van der Waals surface area contributed by atoms with Crippen LogP contribution in [-0.2, 0) is 0 Å². The molecular formula is C20H13BrF3N5. The molecule has 4 rings (SSSR count). The third-order valence-corrected chi connectivity index (χ3v) is 4.79. The Kier molecular flexibility index (Phi) is 4.98. The van der Waals surface area contributed by atoms with Crippen molar-refractivity contribution >= 4 is 33.1 Å². The van der Waals surface area contributed by atoms with Crippen LogP contribution >= 0.6 is 15.9 Å². The zero-order valence-electron chi connectivity index (χ0n) is 14.7. The third-order valence-electron chi connectivity index (χ3n) is 4.14. The van der Waals surface area contributed by atoms with Gasteiger partial charge in [-0.15, -0.1) is 5.10 Å². The van der Waals surface area contributed by atoms with Crippen LogP contribution in [0.4, 0.5) is 30.4 Å². The van der Waals surface area contributed by atoms with Crippen molar-refractivity contribution in [1.29, 1.82) is 0 Å². The van der Waals surface area contributed by atoms with Crippen molar-refractivity contribution < 1.29 is 13.2 Å². The maximum atomic E-state index is 13.9. The number of rotatable bonds is 4. The third kappa shape index (κ3) is 3.95. The molecule has 0 aliphatic carbocycles. The minimum absolute atomic E-state index is 0.378. The van der Waals surface area contributed by atoms with Gasteiger partial charge in [-0.25, -0.2) is 13.5 Å². The van der Waals surface area contributed by atoms with Gasteiger partial charge in [-0.3, -0.25) is 0 Å². The first-order valence-electron chi connectivity index (χ1n) is 8.41. The van der Waals surface area contributed by atoms with Gasteiger partial charge in [-0.1, -0.05) is 34.1 Å². The Balaban J connectivity index is 1.57. The summed E-state index contributed by atoms with van der Waals surface area (Å²) in [7, 11) is 0. The Hall–Kier alpha value is -3.33. The number of aromatic nitrogens is 3. The number of hydrogen-bond acceptors (Lipinski definition) is 4. The number of nitrogens with one attached hydrogen (secondary N) is 1. The molecule has 5 nitrogen and oxygen atoms in total. The van der Waals surface area contributed by atoms with Crippen molar-refractivity contribution in [3.8, 4) is 16.9 Å². The SMILES string of the molecule is Nc1ccc(-c2ccc(Nc3ccn(-c4nc(F)c(F)cc4F)n3)cc2Br)cc1. The maximum Gasteiger partial charge on any atom is 0.251 e. The lowest BCUT2D eigenvalue weighted by atomic mass is 10.1. The van der Waals surface area contributed by atoms with Crippen molar-refractivity contribution in [2.75, 3.05) is 11.1 Å². The molecule has 9 heteroatoms. The number of nitrogens with zero attached hydrogens (tertiary/aromatic N) is 3. The van der Waals surface area contributed by atoms with Crippen LogP contribution in [0, 0.1) is 17.6 Å². The van der Waals surface area contributed by atoms with Gasteiger partial charge in [0.25, 0.3) is 5.95 Å². The fraction of sp³-hybridized carbons (Fsp3) is 0. The van der Waals surface area contributed by atoms with E-state index in [9.17, 15) is 13.2 Å². The lowest BCUT2D eigenvalue weighted by Gasteiger charge is -2.09. The van der Waals surface area contributed by atoms with E-state index in [1.807, 2.05) is 42.5 Å². The first-order chi connectivity index (χ1) is 13.9.